The largest absolute Gasteiger partial charge is 0.355 e. The van der Waals surface area contributed by atoms with E-state index in [0.717, 1.165) is 17.7 Å². The molecule has 0 aliphatic carbocycles. The topological polar surface area (TPSA) is 105 Å². The first-order chi connectivity index (χ1) is 10.4. The van der Waals surface area contributed by atoms with Gasteiger partial charge in [0.15, 0.2) is 5.65 Å². The smallest absolute Gasteiger partial charge is 0.237 e. The van der Waals surface area contributed by atoms with Crippen LogP contribution in [0.3, 0.4) is 0 Å². The van der Waals surface area contributed by atoms with E-state index in [9.17, 15) is 13.2 Å². The minimum Gasteiger partial charge on any atom is -0.355 e. The van der Waals surface area contributed by atoms with Gasteiger partial charge in [-0.05, 0) is 25.5 Å². The van der Waals surface area contributed by atoms with Crippen molar-refractivity contribution in [1.82, 2.24) is 24.6 Å². The highest BCUT2D eigenvalue weighted by Gasteiger charge is 2.16. The third kappa shape index (κ3) is 4.50. The molecule has 0 saturated carbocycles. The van der Waals surface area contributed by atoms with Crippen molar-refractivity contribution in [2.75, 3.05) is 12.8 Å². The van der Waals surface area contributed by atoms with Crippen molar-refractivity contribution in [3.63, 3.8) is 0 Å². The van der Waals surface area contributed by atoms with Crippen LogP contribution in [0.1, 0.15) is 19.2 Å². The second-order valence-corrected chi connectivity index (χ2v) is 6.83. The molecule has 0 aromatic carbocycles. The van der Waals surface area contributed by atoms with Gasteiger partial charge in [-0.15, -0.1) is 10.2 Å². The zero-order valence-electron chi connectivity index (χ0n) is 12.5. The first kappa shape index (κ1) is 16.4. The van der Waals surface area contributed by atoms with Crippen LogP contribution in [0.25, 0.3) is 5.65 Å². The summed E-state index contributed by atoms with van der Waals surface area (Å²) in [5.41, 5.74) is 0.785. The van der Waals surface area contributed by atoms with Crippen molar-refractivity contribution >= 4 is 21.6 Å². The molecule has 0 radical (unpaired) electrons. The number of aryl methyl sites for hydroxylation is 1. The summed E-state index contributed by atoms with van der Waals surface area (Å²) in [7, 11) is -3.39. The minimum absolute atomic E-state index is 0.350. The molecule has 0 saturated heterocycles. The third-order valence-electron chi connectivity index (χ3n) is 3.04. The van der Waals surface area contributed by atoms with Crippen LogP contribution in [0, 0.1) is 0 Å². The van der Waals surface area contributed by atoms with Crippen LogP contribution in [0.5, 0.6) is 0 Å². The Kier molecular flexibility index (Phi) is 5.09. The summed E-state index contributed by atoms with van der Waals surface area (Å²) in [5.74, 6) is 0.476. The molecule has 22 heavy (non-hydrogen) atoms. The highest BCUT2D eigenvalue weighted by molar-refractivity contribution is 7.88. The number of nitrogens with one attached hydrogen (secondary N) is 2. The van der Waals surface area contributed by atoms with Crippen LogP contribution in [-0.2, 0) is 21.2 Å². The maximum atomic E-state index is 11.7. The van der Waals surface area contributed by atoms with Crippen LogP contribution < -0.4 is 10.0 Å². The van der Waals surface area contributed by atoms with Gasteiger partial charge in [-0.25, -0.2) is 13.1 Å². The maximum Gasteiger partial charge on any atom is 0.237 e. The van der Waals surface area contributed by atoms with Crippen LogP contribution in [0.2, 0.25) is 0 Å². The van der Waals surface area contributed by atoms with Gasteiger partial charge in [0.2, 0.25) is 15.9 Å². The molecule has 0 spiro atoms. The lowest BCUT2D eigenvalue weighted by Gasteiger charge is -2.12. The molecular weight excluding hydrogens is 306 g/mol. The van der Waals surface area contributed by atoms with Crippen LogP contribution in [-0.4, -0.2) is 47.8 Å². The van der Waals surface area contributed by atoms with Gasteiger partial charge in [-0.2, -0.15) is 0 Å². The normalized spacial score (nSPS) is 13.2. The number of pyridine rings is 1. The lowest BCUT2D eigenvalue weighted by atomic mass is 10.2. The summed E-state index contributed by atoms with van der Waals surface area (Å²) >= 11 is 0. The van der Waals surface area contributed by atoms with Crippen LogP contribution >= 0.6 is 0 Å². The number of fused-ring (bicyclic) bond motifs is 1. The van der Waals surface area contributed by atoms with E-state index < -0.39 is 16.1 Å². The lowest BCUT2D eigenvalue weighted by Crippen LogP contribution is -2.44. The summed E-state index contributed by atoms with van der Waals surface area (Å²) in [6.45, 7) is 1.94. The molecule has 2 aromatic heterocycles. The molecule has 0 bridgehead atoms. The zero-order chi connectivity index (χ0) is 16.2. The summed E-state index contributed by atoms with van der Waals surface area (Å²) in [5, 5.41) is 10.8. The fraction of sp³-hybridized carbons (Fsp3) is 0.462. The number of carbonyl (C=O) groups is 1. The number of aromatic nitrogens is 3. The molecule has 2 heterocycles. The molecule has 120 valence electrons. The van der Waals surface area contributed by atoms with Crippen molar-refractivity contribution in [3.05, 3.63) is 30.2 Å². The zero-order valence-corrected chi connectivity index (χ0v) is 13.3. The third-order valence-corrected chi connectivity index (χ3v) is 3.83. The molecule has 0 aliphatic rings. The Bertz CT molecular complexity index is 756. The average Bonchev–Trinajstić information content (AvgIpc) is 2.85. The Labute approximate surface area is 129 Å². The van der Waals surface area contributed by atoms with Gasteiger partial charge in [0, 0.05) is 19.2 Å². The standard InChI is InChI=1S/C13H19N5O3S/c1-10(17-22(2,20)21)13(19)14-8-5-7-12-16-15-11-6-3-4-9-18(11)12/h3-4,6,9-10,17H,5,7-8H2,1-2H3,(H,14,19)/t10-/m0/s1. The van der Waals surface area contributed by atoms with Crippen LogP contribution in [0.15, 0.2) is 24.4 Å². The Morgan fingerprint density at radius 3 is 2.86 bits per heavy atom. The summed E-state index contributed by atoms with van der Waals surface area (Å²) in [4.78, 5) is 11.7. The summed E-state index contributed by atoms with van der Waals surface area (Å²) in [6.07, 6.45) is 4.26. The van der Waals surface area contributed by atoms with E-state index in [1.807, 2.05) is 28.8 Å². The van der Waals surface area contributed by atoms with E-state index in [2.05, 4.69) is 20.2 Å². The quantitative estimate of drug-likeness (QED) is 0.681. The second-order valence-electron chi connectivity index (χ2n) is 5.05. The average molecular weight is 325 g/mol. The van der Waals surface area contributed by atoms with Gasteiger partial charge in [0.1, 0.15) is 5.82 Å². The van der Waals surface area contributed by atoms with E-state index in [0.29, 0.717) is 19.4 Å². The number of rotatable bonds is 7. The first-order valence-electron chi connectivity index (χ1n) is 6.90. The number of amides is 1. The molecule has 8 nitrogen and oxygen atoms in total. The SMILES string of the molecule is C[C@H](NS(C)(=O)=O)C(=O)NCCCc1nnc2ccccn12. The van der Waals surface area contributed by atoms with Crippen molar-refractivity contribution in [3.8, 4) is 0 Å². The molecule has 0 fully saturated rings. The molecule has 2 aromatic rings. The molecule has 9 heteroatoms. The predicted molar refractivity (Wildman–Crippen MR) is 81.8 cm³/mol. The molecular formula is C13H19N5O3S. The van der Waals surface area contributed by atoms with Crippen molar-refractivity contribution in [2.45, 2.75) is 25.8 Å². The highest BCUT2D eigenvalue weighted by atomic mass is 32.2. The van der Waals surface area contributed by atoms with Gasteiger partial charge in [0.25, 0.3) is 0 Å². The van der Waals surface area contributed by atoms with Gasteiger partial charge in [-0.1, -0.05) is 6.07 Å². The number of hydrogen-bond acceptors (Lipinski definition) is 5. The second kappa shape index (κ2) is 6.84. The number of carbonyl (C=O) groups excluding carboxylic acids is 1. The molecule has 0 unspecified atom stereocenters. The first-order valence-corrected chi connectivity index (χ1v) is 8.79. The maximum absolute atomic E-state index is 11.7. The molecule has 0 aliphatic heterocycles. The van der Waals surface area contributed by atoms with E-state index in [1.165, 1.54) is 6.92 Å². The Morgan fingerprint density at radius 2 is 2.14 bits per heavy atom. The van der Waals surface area contributed by atoms with Gasteiger partial charge in [-0.3, -0.25) is 9.20 Å². The van der Waals surface area contributed by atoms with E-state index in [4.69, 9.17) is 0 Å². The van der Waals surface area contributed by atoms with E-state index in [1.54, 1.807) is 0 Å². The Hall–Kier alpha value is -2.00. The number of hydrogen-bond donors (Lipinski definition) is 2. The Morgan fingerprint density at radius 1 is 1.36 bits per heavy atom. The van der Waals surface area contributed by atoms with E-state index in [-0.39, 0.29) is 5.91 Å². The summed E-state index contributed by atoms with van der Waals surface area (Å²) < 4.78 is 26.2. The van der Waals surface area contributed by atoms with Gasteiger partial charge in [0.05, 0.1) is 12.3 Å². The molecule has 1 atom stereocenters. The van der Waals surface area contributed by atoms with Crippen molar-refractivity contribution in [2.24, 2.45) is 0 Å². The fourth-order valence-electron chi connectivity index (χ4n) is 2.05. The Balaban J connectivity index is 1.78. The van der Waals surface area contributed by atoms with Crippen molar-refractivity contribution in [1.29, 1.82) is 0 Å². The monoisotopic (exact) mass is 325 g/mol. The van der Waals surface area contributed by atoms with Gasteiger partial charge < -0.3 is 5.32 Å². The predicted octanol–water partition coefficient (Wildman–Crippen LogP) is -0.284. The lowest BCUT2D eigenvalue weighted by molar-refractivity contribution is -0.122. The minimum atomic E-state index is -3.39. The van der Waals surface area contributed by atoms with Gasteiger partial charge >= 0.3 is 0 Å². The highest BCUT2D eigenvalue weighted by Crippen LogP contribution is 2.04. The molecule has 2 rings (SSSR count). The van der Waals surface area contributed by atoms with Crippen LogP contribution in [0.4, 0.5) is 0 Å². The van der Waals surface area contributed by atoms with E-state index >= 15 is 0 Å². The van der Waals surface area contributed by atoms with Crippen molar-refractivity contribution < 1.29 is 13.2 Å². The number of sulfonamides is 1. The molecule has 2 N–H and O–H groups in total. The molecule has 1 amide bonds. The fourth-order valence-corrected chi connectivity index (χ4v) is 2.80. The number of nitrogens with zero attached hydrogens (tertiary/aromatic N) is 3. The summed E-state index contributed by atoms with van der Waals surface area (Å²) in [6, 6.07) is 4.88.